The van der Waals surface area contributed by atoms with Gasteiger partial charge in [-0.3, -0.25) is 19.3 Å². The Kier molecular flexibility index (Phi) is 10.2. The molecule has 52 heavy (non-hydrogen) atoms. The zero-order valence-electron chi connectivity index (χ0n) is 31.1. The van der Waals surface area contributed by atoms with Crippen molar-refractivity contribution in [3.05, 3.63) is 74.8 Å². The topological polar surface area (TPSA) is 146 Å². The molecule has 5 fully saturated rings. The Hall–Kier alpha value is -4.51. The number of aromatic nitrogens is 2. The number of anilines is 2. The van der Waals surface area contributed by atoms with E-state index in [1.165, 1.54) is 38.3 Å². The Labute approximate surface area is 306 Å². The van der Waals surface area contributed by atoms with E-state index in [0.717, 1.165) is 85.1 Å². The molecule has 3 heterocycles. The number of H-pyrrole nitrogens is 1. The average Bonchev–Trinajstić information content (AvgIpc) is 3.49. The third kappa shape index (κ3) is 7.51. The van der Waals surface area contributed by atoms with Gasteiger partial charge in [-0.15, -0.1) is 0 Å². The first-order chi connectivity index (χ1) is 25.0. The van der Waals surface area contributed by atoms with Crippen molar-refractivity contribution in [1.82, 2.24) is 25.5 Å². The van der Waals surface area contributed by atoms with Gasteiger partial charge in [-0.2, -0.15) is 0 Å². The number of rotatable bonds is 13. The molecule has 0 radical (unpaired) electrons. The summed E-state index contributed by atoms with van der Waals surface area (Å²) in [5, 5.41) is 17.7. The molecule has 2 atom stereocenters. The maximum Gasteiger partial charge on any atom is 0.253 e. The highest BCUT2D eigenvalue weighted by Crippen LogP contribution is 2.66. The van der Waals surface area contributed by atoms with Crippen LogP contribution in [0, 0.1) is 42.4 Å². The number of aryl methyl sites for hydroxylation is 2. The minimum absolute atomic E-state index is 0.0781. The number of pyridine rings is 2. The van der Waals surface area contributed by atoms with Crippen molar-refractivity contribution < 1.29 is 9.59 Å². The predicted octanol–water partition coefficient (Wildman–Crippen LogP) is 5.26. The second-order valence-electron chi connectivity index (χ2n) is 16.2. The fraction of sp³-hybridized carbons (Fsp3) is 0.537. The van der Waals surface area contributed by atoms with E-state index >= 15 is 0 Å². The summed E-state index contributed by atoms with van der Waals surface area (Å²) in [5.74, 6) is 3.35. The lowest BCUT2D eigenvalue weighted by Crippen LogP contribution is -2.48. The zero-order valence-corrected chi connectivity index (χ0v) is 31.1. The minimum atomic E-state index is -0.360. The molecule has 1 aliphatic heterocycles. The largest absolute Gasteiger partial charge is 0.382 e. The highest BCUT2D eigenvalue weighted by Gasteiger charge is 2.57. The summed E-state index contributed by atoms with van der Waals surface area (Å²) in [5.41, 5.74) is 5.37. The average molecular weight is 707 g/mol. The van der Waals surface area contributed by atoms with Gasteiger partial charge in [-0.05, 0) is 124 Å². The summed E-state index contributed by atoms with van der Waals surface area (Å²) in [6.07, 6.45) is 10.5. The zero-order chi connectivity index (χ0) is 36.6. The lowest BCUT2D eigenvalue weighted by Gasteiger charge is -2.35. The molecule has 1 saturated heterocycles. The van der Waals surface area contributed by atoms with Crippen molar-refractivity contribution >= 4 is 29.5 Å². The molecule has 3 aromatic rings. The molecule has 0 spiro atoms. The number of carbonyl (C=O) groups excluding carboxylic acids is 2. The Morgan fingerprint density at radius 2 is 1.77 bits per heavy atom. The number of aromatic amines is 1. The van der Waals surface area contributed by atoms with Gasteiger partial charge in [0.2, 0.25) is 5.91 Å². The van der Waals surface area contributed by atoms with E-state index in [1.54, 1.807) is 6.07 Å². The van der Waals surface area contributed by atoms with Crippen LogP contribution in [0.15, 0.2) is 41.3 Å². The van der Waals surface area contributed by atoms with Crippen LogP contribution < -0.4 is 26.4 Å². The highest BCUT2D eigenvalue weighted by molar-refractivity contribution is 6.06. The molecule has 1 aromatic carbocycles. The quantitative estimate of drug-likeness (QED) is 0.153. The van der Waals surface area contributed by atoms with Crippen LogP contribution in [0.4, 0.5) is 11.5 Å². The molecule has 11 heteroatoms. The summed E-state index contributed by atoms with van der Waals surface area (Å²) in [4.78, 5) is 51.5. The molecular formula is C41H54N8O3. The fourth-order valence-electron chi connectivity index (χ4n) is 9.89. The number of nitrogens with one attached hydrogen (secondary N) is 5. The van der Waals surface area contributed by atoms with Gasteiger partial charge >= 0.3 is 0 Å². The molecule has 8 rings (SSSR count). The van der Waals surface area contributed by atoms with Crippen molar-refractivity contribution in [2.45, 2.75) is 78.8 Å². The van der Waals surface area contributed by atoms with Crippen molar-refractivity contribution in [2.24, 2.45) is 23.2 Å². The van der Waals surface area contributed by atoms with Gasteiger partial charge in [0.25, 0.3) is 11.5 Å². The van der Waals surface area contributed by atoms with Crippen LogP contribution in [0.3, 0.4) is 0 Å². The number of piperazine rings is 1. The van der Waals surface area contributed by atoms with E-state index in [4.69, 9.17) is 10.4 Å². The molecule has 5 aliphatic rings. The summed E-state index contributed by atoms with van der Waals surface area (Å²) >= 11 is 0. The highest BCUT2D eigenvalue weighted by atomic mass is 16.2. The van der Waals surface area contributed by atoms with Gasteiger partial charge in [-0.25, -0.2) is 4.98 Å². The van der Waals surface area contributed by atoms with E-state index in [-0.39, 0.29) is 30.0 Å². The molecule has 4 bridgehead atoms. The molecule has 2 unspecified atom stereocenters. The first kappa shape index (κ1) is 35.9. The van der Waals surface area contributed by atoms with Crippen LogP contribution in [0.2, 0.25) is 0 Å². The van der Waals surface area contributed by atoms with E-state index in [2.05, 4.69) is 30.7 Å². The van der Waals surface area contributed by atoms with Crippen molar-refractivity contribution in [1.29, 1.82) is 5.41 Å². The van der Waals surface area contributed by atoms with E-state index in [1.807, 2.05) is 58.2 Å². The summed E-state index contributed by atoms with van der Waals surface area (Å²) in [6, 6.07) is 9.78. The maximum atomic E-state index is 13.6. The van der Waals surface area contributed by atoms with Crippen molar-refractivity contribution in [3.8, 4) is 11.1 Å². The monoisotopic (exact) mass is 706 g/mol. The van der Waals surface area contributed by atoms with E-state index < -0.39 is 0 Å². The van der Waals surface area contributed by atoms with Crippen LogP contribution in [-0.4, -0.2) is 78.2 Å². The molecule has 4 saturated carbocycles. The number of hydrogen-bond donors (Lipinski definition) is 5. The number of nitrogens with zero attached hydrogens (tertiary/aromatic N) is 3. The minimum Gasteiger partial charge on any atom is -0.382 e. The van der Waals surface area contributed by atoms with Gasteiger partial charge in [0.05, 0.1) is 5.56 Å². The molecule has 4 aliphatic carbocycles. The molecular weight excluding hydrogens is 653 g/mol. The van der Waals surface area contributed by atoms with Gasteiger partial charge in [-0.1, -0.05) is 0 Å². The summed E-state index contributed by atoms with van der Waals surface area (Å²) in [7, 11) is 0. The fourth-order valence-corrected chi connectivity index (χ4v) is 9.89. The van der Waals surface area contributed by atoms with Gasteiger partial charge in [0, 0.05) is 98.8 Å². The van der Waals surface area contributed by atoms with E-state index in [9.17, 15) is 14.4 Å². The Morgan fingerprint density at radius 1 is 1.02 bits per heavy atom. The molecule has 11 nitrogen and oxygen atoms in total. The maximum absolute atomic E-state index is 13.6. The van der Waals surface area contributed by atoms with Crippen molar-refractivity contribution in [3.63, 3.8) is 0 Å². The van der Waals surface area contributed by atoms with Crippen LogP contribution >= 0.6 is 0 Å². The van der Waals surface area contributed by atoms with Crippen LogP contribution in [-0.2, 0) is 11.3 Å². The first-order valence-electron chi connectivity index (χ1n) is 19.1. The normalized spacial score (nSPS) is 23.6. The van der Waals surface area contributed by atoms with Crippen LogP contribution in [0.5, 0.6) is 0 Å². The Bertz CT molecular complexity index is 1860. The van der Waals surface area contributed by atoms with Crippen LogP contribution in [0.25, 0.3) is 11.1 Å². The predicted molar refractivity (Wildman–Crippen MR) is 206 cm³/mol. The van der Waals surface area contributed by atoms with Gasteiger partial charge in [0.1, 0.15) is 5.82 Å². The van der Waals surface area contributed by atoms with E-state index in [0.29, 0.717) is 34.3 Å². The first-order valence-corrected chi connectivity index (χ1v) is 19.1. The molecule has 2 amide bonds. The van der Waals surface area contributed by atoms with Gasteiger partial charge in [0.15, 0.2) is 0 Å². The lowest BCUT2D eigenvalue weighted by atomic mass is 9.73. The Morgan fingerprint density at radius 3 is 2.42 bits per heavy atom. The lowest BCUT2D eigenvalue weighted by molar-refractivity contribution is -0.124. The second-order valence-corrected chi connectivity index (χ2v) is 16.2. The molecule has 5 N–H and O–H groups in total. The van der Waals surface area contributed by atoms with Crippen LogP contribution in [0.1, 0.15) is 85.1 Å². The smallest absolute Gasteiger partial charge is 0.253 e. The number of benzene rings is 1. The van der Waals surface area contributed by atoms with Crippen molar-refractivity contribution in [2.75, 3.05) is 49.5 Å². The second kappa shape index (κ2) is 14.8. The standard InChI is InChI=1S/C41H54N8O3/c1-25(2)46-36-18-31(17-33(34(36)22-42)39(51)45-24-35-26(3)13-27(4)47-40(35)52)30-5-6-37(44-23-30)49-11-9-48(10-12-49)8-7-43-38(50)21-41-19-28-14-29(20-41)16-32(41)15-28/h5-6,13,17-18,22-23,25,28-29,32,42,46H,7-12,14-16,19-21,24H2,1-4H3,(H,43,50)(H,45,51)(H,47,52). The molecule has 276 valence electrons. The number of carbonyl (C=O) groups is 2. The SMILES string of the molecule is Cc1cc(C)c(CNC(=O)c2cc(-c3ccc(N4CCN(CCNC(=O)CC56CC7CC(CC5C7)C6)CC4)nc3)cc(NC(C)C)c2C=N)c(=O)[nH]1. The molecule has 2 aromatic heterocycles. The van der Waals surface area contributed by atoms with Gasteiger partial charge < -0.3 is 31.2 Å². The number of hydrogen-bond acceptors (Lipinski definition) is 8. The summed E-state index contributed by atoms with van der Waals surface area (Å²) < 4.78 is 0. The Balaban J connectivity index is 0.956. The summed E-state index contributed by atoms with van der Waals surface area (Å²) in [6.45, 7) is 12.9. The number of amides is 2. The third-order valence-electron chi connectivity index (χ3n) is 12.1. The third-order valence-corrected chi connectivity index (χ3v) is 12.1.